The molecule has 7 heteroatoms. The summed E-state index contributed by atoms with van der Waals surface area (Å²) in [4.78, 5) is 16.4. The molecule has 120 valence electrons. The second-order valence-corrected chi connectivity index (χ2v) is 6.71. The summed E-state index contributed by atoms with van der Waals surface area (Å²) in [5.41, 5.74) is 0.329. The van der Waals surface area contributed by atoms with Gasteiger partial charge in [0, 0.05) is 5.69 Å². The van der Waals surface area contributed by atoms with Crippen LogP contribution >= 0.6 is 11.3 Å². The highest BCUT2D eigenvalue weighted by molar-refractivity contribution is 7.18. The number of nitrogens with zero attached hydrogens (tertiary/aromatic N) is 1. The van der Waals surface area contributed by atoms with Crippen LogP contribution in [0.2, 0.25) is 0 Å². The first-order chi connectivity index (χ1) is 10.9. The predicted molar refractivity (Wildman–Crippen MR) is 89.7 cm³/mol. The van der Waals surface area contributed by atoms with E-state index in [1.807, 2.05) is 19.1 Å². The SMILES string of the molecule is Cc1nc2ccc(NC(=O)NC[C@](C)(O)c3ccco3)cc2s1. The van der Waals surface area contributed by atoms with Crippen LogP contribution in [0.5, 0.6) is 0 Å². The fourth-order valence-corrected chi connectivity index (χ4v) is 3.08. The first-order valence-corrected chi connectivity index (χ1v) is 7.94. The molecule has 2 aromatic heterocycles. The Balaban J connectivity index is 1.62. The molecule has 0 saturated heterocycles. The van der Waals surface area contributed by atoms with Gasteiger partial charge in [0.2, 0.25) is 0 Å². The van der Waals surface area contributed by atoms with Gasteiger partial charge in [-0.05, 0) is 44.2 Å². The van der Waals surface area contributed by atoms with Gasteiger partial charge in [-0.2, -0.15) is 0 Å². The van der Waals surface area contributed by atoms with Crippen molar-refractivity contribution < 1.29 is 14.3 Å². The normalized spacial score (nSPS) is 13.7. The number of furan rings is 1. The van der Waals surface area contributed by atoms with Gasteiger partial charge in [-0.25, -0.2) is 9.78 Å². The number of carbonyl (C=O) groups is 1. The van der Waals surface area contributed by atoms with Crippen molar-refractivity contribution in [3.63, 3.8) is 0 Å². The number of aliphatic hydroxyl groups is 1. The lowest BCUT2D eigenvalue weighted by Crippen LogP contribution is -2.40. The number of carbonyl (C=O) groups excluding carboxylic acids is 1. The van der Waals surface area contributed by atoms with E-state index in [4.69, 9.17) is 4.42 Å². The van der Waals surface area contributed by atoms with Gasteiger partial charge in [0.15, 0.2) is 0 Å². The number of hydrogen-bond acceptors (Lipinski definition) is 5. The summed E-state index contributed by atoms with van der Waals surface area (Å²) >= 11 is 1.57. The maximum atomic E-state index is 12.0. The van der Waals surface area contributed by atoms with Crippen molar-refractivity contribution in [1.29, 1.82) is 0 Å². The van der Waals surface area contributed by atoms with Crippen LogP contribution in [-0.4, -0.2) is 22.7 Å². The Kier molecular flexibility index (Phi) is 4.06. The number of aromatic nitrogens is 1. The summed E-state index contributed by atoms with van der Waals surface area (Å²) in [6.07, 6.45) is 1.48. The van der Waals surface area contributed by atoms with Crippen molar-refractivity contribution in [1.82, 2.24) is 10.3 Å². The van der Waals surface area contributed by atoms with Crippen LogP contribution in [0.3, 0.4) is 0 Å². The van der Waals surface area contributed by atoms with Gasteiger partial charge in [0.1, 0.15) is 11.4 Å². The molecular formula is C16H17N3O3S. The van der Waals surface area contributed by atoms with E-state index in [0.29, 0.717) is 11.4 Å². The minimum atomic E-state index is -1.26. The maximum Gasteiger partial charge on any atom is 0.319 e. The van der Waals surface area contributed by atoms with Crippen LogP contribution in [0.1, 0.15) is 17.7 Å². The third-order valence-corrected chi connectivity index (χ3v) is 4.33. The van der Waals surface area contributed by atoms with Gasteiger partial charge < -0.3 is 20.2 Å². The molecule has 0 aliphatic heterocycles. The van der Waals surface area contributed by atoms with Crippen molar-refractivity contribution in [2.24, 2.45) is 0 Å². The van der Waals surface area contributed by atoms with E-state index in [1.165, 1.54) is 6.26 Å². The molecule has 1 atom stereocenters. The van der Waals surface area contributed by atoms with Gasteiger partial charge in [0.25, 0.3) is 0 Å². The summed E-state index contributed by atoms with van der Waals surface area (Å²) in [5.74, 6) is 0.402. The minimum Gasteiger partial charge on any atom is -0.466 e. The van der Waals surface area contributed by atoms with E-state index in [2.05, 4.69) is 15.6 Å². The first kappa shape index (κ1) is 15.5. The quantitative estimate of drug-likeness (QED) is 0.685. The molecule has 2 heterocycles. The number of rotatable bonds is 4. The standard InChI is InChI=1S/C16H17N3O3S/c1-10-18-12-6-5-11(8-13(12)23-10)19-15(20)17-9-16(2,21)14-4-3-7-22-14/h3-8,21H,9H2,1-2H3,(H2,17,19,20)/t16-/m0/s1. The Labute approximate surface area is 137 Å². The summed E-state index contributed by atoms with van der Waals surface area (Å²) in [6.45, 7) is 3.56. The largest absolute Gasteiger partial charge is 0.466 e. The van der Waals surface area contributed by atoms with Crippen LogP contribution in [-0.2, 0) is 5.60 Å². The lowest BCUT2D eigenvalue weighted by atomic mass is 10.0. The number of fused-ring (bicyclic) bond motifs is 1. The fraction of sp³-hybridized carbons (Fsp3) is 0.250. The molecule has 0 aliphatic carbocycles. The lowest BCUT2D eigenvalue weighted by Gasteiger charge is -2.21. The van der Waals surface area contributed by atoms with Crippen molar-refractivity contribution in [2.75, 3.05) is 11.9 Å². The van der Waals surface area contributed by atoms with Gasteiger partial charge in [-0.15, -0.1) is 11.3 Å². The number of thiazole rings is 1. The molecule has 0 spiro atoms. The smallest absolute Gasteiger partial charge is 0.319 e. The third-order valence-electron chi connectivity index (χ3n) is 3.40. The zero-order chi connectivity index (χ0) is 16.4. The minimum absolute atomic E-state index is 0.0360. The number of aryl methyl sites for hydroxylation is 1. The highest BCUT2D eigenvalue weighted by atomic mass is 32.1. The molecule has 0 saturated carbocycles. The molecule has 0 bridgehead atoms. The molecular weight excluding hydrogens is 314 g/mol. The molecule has 23 heavy (non-hydrogen) atoms. The average molecular weight is 331 g/mol. The molecule has 0 fully saturated rings. The van der Waals surface area contributed by atoms with Gasteiger partial charge in [-0.3, -0.25) is 0 Å². The number of hydrogen-bond donors (Lipinski definition) is 3. The molecule has 3 aromatic rings. The second kappa shape index (κ2) is 6.02. The Morgan fingerprint density at radius 2 is 2.26 bits per heavy atom. The van der Waals surface area contributed by atoms with Crippen LogP contribution in [0, 0.1) is 6.92 Å². The average Bonchev–Trinajstić information content (AvgIpc) is 3.13. The van der Waals surface area contributed by atoms with Gasteiger partial charge >= 0.3 is 6.03 Å². The first-order valence-electron chi connectivity index (χ1n) is 7.12. The van der Waals surface area contributed by atoms with Gasteiger partial charge in [-0.1, -0.05) is 0 Å². The molecule has 0 radical (unpaired) electrons. The number of benzene rings is 1. The third kappa shape index (κ3) is 3.52. The summed E-state index contributed by atoms with van der Waals surface area (Å²) in [5, 5.41) is 16.7. The van der Waals surface area contributed by atoms with Crippen molar-refractivity contribution in [3.8, 4) is 0 Å². The second-order valence-electron chi connectivity index (χ2n) is 5.47. The maximum absolute atomic E-state index is 12.0. The molecule has 1 aromatic carbocycles. The summed E-state index contributed by atoms with van der Waals surface area (Å²) in [6, 6.07) is 8.51. The molecule has 3 rings (SSSR count). The van der Waals surface area contributed by atoms with E-state index in [9.17, 15) is 9.90 Å². The van der Waals surface area contributed by atoms with Gasteiger partial charge in [0.05, 0.1) is 28.0 Å². The number of urea groups is 1. The zero-order valence-corrected chi connectivity index (χ0v) is 13.6. The van der Waals surface area contributed by atoms with Crippen LogP contribution < -0.4 is 10.6 Å². The number of anilines is 1. The Bertz CT molecular complexity index is 824. The van der Waals surface area contributed by atoms with Crippen molar-refractivity contribution in [2.45, 2.75) is 19.4 Å². The summed E-state index contributed by atoms with van der Waals surface area (Å²) in [7, 11) is 0. The Morgan fingerprint density at radius 1 is 1.43 bits per heavy atom. The van der Waals surface area contributed by atoms with Crippen LogP contribution in [0.25, 0.3) is 10.2 Å². The molecule has 6 nitrogen and oxygen atoms in total. The predicted octanol–water partition coefficient (Wildman–Crippen LogP) is 3.23. The van der Waals surface area contributed by atoms with E-state index in [0.717, 1.165) is 15.2 Å². The van der Waals surface area contributed by atoms with E-state index < -0.39 is 11.6 Å². The molecule has 3 N–H and O–H groups in total. The fourth-order valence-electron chi connectivity index (χ4n) is 2.22. The van der Waals surface area contributed by atoms with Crippen molar-refractivity contribution in [3.05, 3.63) is 47.4 Å². The topological polar surface area (TPSA) is 87.4 Å². The number of nitrogens with one attached hydrogen (secondary N) is 2. The van der Waals surface area contributed by atoms with Crippen molar-refractivity contribution >= 4 is 33.3 Å². The van der Waals surface area contributed by atoms with E-state index in [1.54, 1.807) is 36.5 Å². The van der Waals surface area contributed by atoms with E-state index >= 15 is 0 Å². The molecule has 0 unspecified atom stereocenters. The Hall–Kier alpha value is -2.38. The molecule has 2 amide bonds. The van der Waals surface area contributed by atoms with Crippen LogP contribution in [0.4, 0.5) is 10.5 Å². The van der Waals surface area contributed by atoms with E-state index in [-0.39, 0.29) is 6.54 Å². The summed E-state index contributed by atoms with van der Waals surface area (Å²) < 4.78 is 6.19. The zero-order valence-electron chi connectivity index (χ0n) is 12.8. The highest BCUT2D eigenvalue weighted by Gasteiger charge is 2.26. The number of amides is 2. The van der Waals surface area contributed by atoms with Crippen LogP contribution in [0.15, 0.2) is 41.0 Å². The lowest BCUT2D eigenvalue weighted by molar-refractivity contribution is 0.0372. The monoisotopic (exact) mass is 331 g/mol. The Morgan fingerprint density at radius 3 is 3.00 bits per heavy atom. The molecule has 0 aliphatic rings. The highest BCUT2D eigenvalue weighted by Crippen LogP contribution is 2.25.